The first kappa shape index (κ1) is 19.5. The second kappa shape index (κ2) is 8.65. The zero-order chi connectivity index (χ0) is 20.1. The lowest BCUT2D eigenvalue weighted by Crippen LogP contribution is -2.38. The second-order valence-corrected chi connectivity index (χ2v) is 6.35. The van der Waals surface area contributed by atoms with Crippen LogP contribution in [0.5, 0.6) is 17.2 Å². The van der Waals surface area contributed by atoms with Crippen molar-refractivity contribution >= 4 is 23.2 Å². The number of methoxy groups -OCH3 is 2. The highest BCUT2D eigenvalue weighted by Crippen LogP contribution is 2.34. The number of hydrogen-bond donors (Lipinski definition) is 1. The van der Waals surface area contributed by atoms with Crippen LogP contribution in [-0.4, -0.2) is 39.2 Å². The van der Waals surface area contributed by atoms with Crippen LogP contribution in [-0.2, 0) is 16.0 Å². The van der Waals surface area contributed by atoms with Gasteiger partial charge in [-0.1, -0.05) is 6.07 Å². The number of aryl methyl sites for hydroxylation is 1. The molecule has 7 nitrogen and oxygen atoms in total. The van der Waals surface area contributed by atoms with Gasteiger partial charge in [0.1, 0.15) is 5.75 Å². The maximum Gasteiger partial charge on any atom is 0.265 e. The summed E-state index contributed by atoms with van der Waals surface area (Å²) in [5.74, 6) is 1.74. The molecule has 1 aliphatic heterocycles. The number of anilines is 2. The number of nitrogens with one attached hydrogen (secondary N) is 1. The van der Waals surface area contributed by atoms with E-state index in [1.54, 1.807) is 37.3 Å². The number of hydrogen-bond acceptors (Lipinski definition) is 5. The van der Waals surface area contributed by atoms with Gasteiger partial charge in [0.25, 0.3) is 5.91 Å². The molecule has 1 heterocycles. The molecule has 7 heteroatoms. The van der Waals surface area contributed by atoms with E-state index in [0.29, 0.717) is 48.0 Å². The van der Waals surface area contributed by atoms with E-state index in [-0.39, 0.29) is 18.4 Å². The van der Waals surface area contributed by atoms with Crippen molar-refractivity contribution in [2.75, 3.05) is 37.6 Å². The highest BCUT2D eigenvalue weighted by atomic mass is 16.5. The summed E-state index contributed by atoms with van der Waals surface area (Å²) in [6.07, 6.45) is 0.888. The molecule has 1 aliphatic rings. The third-order valence-corrected chi connectivity index (χ3v) is 4.59. The Kier molecular flexibility index (Phi) is 6.03. The Labute approximate surface area is 164 Å². The van der Waals surface area contributed by atoms with Crippen molar-refractivity contribution in [1.29, 1.82) is 0 Å². The topological polar surface area (TPSA) is 77.1 Å². The first-order chi connectivity index (χ1) is 13.5. The lowest BCUT2D eigenvalue weighted by Gasteiger charge is -2.28. The molecule has 0 unspecified atom stereocenters. The number of amides is 2. The Morgan fingerprint density at radius 1 is 1.14 bits per heavy atom. The van der Waals surface area contributed by atoms with Crippen molar-refractivity contribution < 1.29 is 23.8 Å². The third kappa shape index (κ3) is 4.19. The minimum absolute atomic E-state index is 0.0396. The first-order valence-electron chi connectivity index (χ1n) is 9.13. The van der Waals surface area contributed by atoms with Crippen LogP contribution in [0.25, 0.3) is 0 Å². The van der Waals surface area contributed by atoms with E-state index in [1.165, 1.54) is 0 Å². The SMILES string of the molecule is CCN1C(=O)COc2ccc(NC(=O)CCc3ccc(OC)c(OC)c3)cc21. The predicted octanol–water partition coefficient (Wildman–Crippen LogP) is 3.02. The highest BCUT2D eigenvalue weighted by molar-refractivity contribution is 5.99. The largest absolute Gasteiger partial charge is 0.493 e. The Morgan fingerprint density at radius 2 is 1.93 bits per heavy atom. The molecule has 0 atom stereocenters. The van der Waals surface area contributed by atoms with E-state index in [4.69, 9.17) is 14.2 Å². The molecule has 0 bridgehead atoms. The van der Waals surface area contributed by atoms with Crippen molar-refractivity contribution in [3.63, 3.8) is 0 Å². The summed E-state index contributed by atoms with van der Waals surface area (Å²) in [6.45, 7) is 2.49. The van der Waals surface area contributed by atoms with Crippen molar-refractivity contribution in [2.45, 2.75) is 19.8 Å². The minimum atomic E-state index is -0.110. The molecular weight excluding hydrogens is 360 g/mol. The van der Waals surface area contributed by atoms with Gasteiger partial charge in [0.2, 0.25) is 5.91 Å². The van der Waals surface area contributed by atoms with E-state index in [2.05, 4.69) is 5.32 Å². The van der Waals surface area contributed by atoms with Gasteiger partial charge in [-0.3, -0.25) is 9.59 Å². The highest BCUT2D eigenvalue weighted by Gasteiger charge is 2.24. The van der Waals surface area contributed by atoms with Gasteiger partial charge in [-0.2, -0.15) is 0 Å². The van der Waals surface area contributed by atoms with Gasteiger partial charge < -0.3 is 24.4 Å². The molecule has 2 amide bonds. The summed E-state index contributed by atoms with van der Waals surface area (Å²) in [7, 11) is 3.17. The number of fused-ring (bicyclic) bond motifs is 1. The smallest absolute Gasteiger partial charge is 0.265 e. The number of nitrogens with zero attached hydrogens (tertiary/aromatic N) is 1. The number of rotatable bonds is 7. The van der Waals surface area contributed by atoms with Gasteiger partial charge in [0, 0.05) is 18.7 Å². The van der Waals surface area contributed by atoms with Gasteiger partial charge in [-0.15, -0.1) is 0 Å². The number of carbonyl (C=O) groups excluding carboxylic acids is 2. The van der Waals surface area contributed by atoms with E-state index in [9.17, 15) is 9.59 Å². The molecule has 2 aromatic rings. The molecule has 0 saturated heterocycles. The van der Waals surface area contributed by atoms with Crippen molar-refractivity contribution in [3.8, 4) is 17.2 Å². The Balaban J connectivity index is 1.64. The fraction of sp³-hybridized carbons (Fsp3) is 0.333. The normalized spacial score (nSPS) is 12.8. The van der Waals surface area contributed by atoms with E-state index >= 15 is 0 Å². The van der Waals surface area contributed by atoms with Gasteiger partial charge in [-0.25, -0.2) is 0 Å². The Bertz CT molecular complexity index is 881. The monoisotopic (exact) mass is 384 g/mol. The molecule has 0 saturated carbocycles. The van der Waals surface area contributed by atoms with Crippen LogP contribution in [0.4, 0.5) is 11.4 Å². The van der Waals surface area contributed by atoms with Crippen LogP contribution in [0.15, 0.2) is 36.4 Å². The molecular formula is C21H24N2O5. The summed E-state index contributed by atoms with van der Waals surface area (Å²) < 4.78 is 16.0. The lowest BCUT2D eigenvalue weighted by atomic mass is 10.1. The summed E-state index contributed by atoms with van der Waals surface area (Å²) >= 11 is 0. The summed E-state index contributed by atoms with van der Waals surface area (Å²) in [6, 6.07) is 10.9. The summed E-state index contributed by atoms with van der Waals surface area (Å²) in [5.41, 5.74) is 2.29. The van der Waals surface area contributed by atoms with Gasteiger partial charge in [0.05, 0.1) is 19.9 Å². The van der Waals surface area contributed by atoms with Crippen molar-refractivity contribution in [1.82, 2.24) is 0 Å². The minimum Gasteiger partial charge on any atom is -0.493 e. The average Bonchev–Trinajstić information content (AvgIpc) is 2.71. The number of benzene rings is 2. The zero-order valence-electron chi connectivity index (χ0n) is 16.3. The molecule has 0 radical (unpaired) electrons. The van der Waals surface area contributed by atoms with Crippen LogP contribution < -0.4 is 24.4 Å². The van der Waals surface area contributed by atoms with Crippen LogP contribution in [0.2, 0.25) is 0 Å². The Morgan fingerprint density at radius 3 is 2.64 bits per heavy atom. The predicted molar refractivity (Wildman–Crippen MR) is 106 cm³/mol. The molecule has 0 fully saturated rings. The molecule has 0 spiro atoms. The van der Waals surface area contributed by atoms with E-state index < -0.39 is 0 Å². The van der Waals surface area contributed by atoms with Gasteiger partial charge >= 0.3 is 0 Å². The second-order valence-electron chi connectivity index (χ2n) is 6.35. The van der Waals surface area contributed by atoms with E-state index in [1.807, 2.05) is 25.1 Å². The molecule has 28 heavy (non-hydrogen) atoms. The Hall–Kier alpha value is -3.22. The van der Waals surface area contributed by atoms with Gasteiger partial charge in [-0.05, 0) is 49.2 Å². The summed E-state index contributed by atoms with van der Waals surface area (Å²) in [4.78, 5) is 26.0. The maximum atomic E-state index is 12.4. The molecule has 0 aliphatic carbocycles. The van der Waals surface area contributed by atoms with Gasteiger partial charge in [0.15, 0.2) is 18.1 Å². The molecule has 148 valence electrons. The summed E-state index contributed by atoms with van der Waals surface area (Å²) in [5, 5.41) is 2.88. The van der Waals surface area contributed by atoms with Crippen LogP contribution in [0.3, 0.4) is 0 Å². The van der Waals surface area contributed by atoms with Crippen molar-refractivity contribution in [3.05, 3.63) is 42.0 Å². The van der Waals surface area contributed by atoms with Crippen LogP contribution >= 0.6 is 0 Å². The van der Waals surface area contributed by atoms with Crippen LogP contribution in [0, 0.1) is 0 Å². The molecule has 2 aromatic carbocycles. The fourth-order valence-electron chi connectivity index (χ4n) is 3.14. The lowest BCUT2D eigenvalue weighted by molar-refractivity contribution is -0.121. The van der Waals surface area contributed by atoms with Crippen LogP contribution in [0.1, 0.15) is 18.9 Å². The zero-order valence-corrected chi connectivity index (χ0v) is 16.3. The number of ether oxygens (including phenoxy) is 3. The average molecular weight is 384 g/mol. The van der Waals surface area contributed by atoms with Crippen molar-refractivity contribution in [2.24, 2.45) is 0 Å². The van der Waals surface area contributed by atoms with E-state index in [0.717, 1.165) is 5.56 Å². The number of carbonyl (C=O) groups is 2. The molecule has 1 N–H and O–H groups in total. The maximum absolute atomic E-state index is 12.4. The number of likely N-dealkylation sites (N-methyl/N-ethyl adjacent to an activating group) is 1. The quantitative estimate of drug-likeness (QED) is 0.794. The fourth-order valence-corrected chi connectivity index (χ4v) is 3.14. The third-order valence-electron chi connectivity index (χ3n) is 4.59. The standard InChI is InChI=1S/C21H24N2O5/c1-4-23-16-12-15(7-9-17(16)28-13-21(23)25)22-20(24)10-6-14-5-8-18(26-2)19(11-14)27-3/h5,7-9,11-12H,4,6,10,13H2,1-3H3,(H,22,24). The first-order valence-corrected chi connectivity index (χ1v) is 9.13. The molecule has 0 aromatic heterocycles. The molecule has 3 rings (SSSR count).